The Hall–Kier alpha value is -3.62. The Morgan fingerprint density at radius 1 is 1.00 bits per heavy atom. The van der Waals surface area contributed by atoms with Gasteiger partial charge in [0.25, 0.3) is 0 Å². The Labute approximate surface area is 240 Å². The summed E-state index contributed by atoms with van der Waals surface area (Å²) in [6.07, 6.45) is -0.355. The fourth-order valence-corrected chi connectivity index (χ4v) is 5.56. The Bertz CT molecular complexity index is 1310. The lowest BCUT2D eigenvalue weighted by molar-refractivity contribution is -0.137. The van der Waals surface area contributed by atoms with E-state index in [0.29, 0.717) is 24.6 Å². The van der Waals surface area contributed by atoms with Crippen molar-refractivity contribution < 1.29 is 23.5 Å². The van der Waals surface area contributed by atoms with Gasteiger partial charge in [0.15, 0.2) is 0 Å². The number of nitrogens with one attached hydrogen (secondary N) is 2. The first kappa shape index (κ1) is 30.3. The highest BCUT2D eigenvalue weighted by molar-refractivity contribution is 5.84. The minimum atomic E-state index is -1.12. The van der Waals surface area contributed by atoms with Crippen LogP contribution in [0.15, 0.2) is 72.8 Å². The van der Waals surface area contributed by atoms with E-state index in [1.165, 1.54) is 24.6 Å². The van der Waals surface area contributed by atoms with Gasteiger partial charge in [0, 0.05) is 38.5 Å². The molecule has 2 amide bonds. The van der Waals surface area contributed by atoms with E-state index in [0.717, 1.165) is 23.6 Å². The molecule has 1 aliphatic rings. The van der Waals surface area contributed by atoms with E-state index in [9.17, 15) is 23.5 Å². The van der Waals surface area contributed by atoms with Gasteiger partial charge in [-0.2, -0.15) is 0 Å². The van der Waals surface area contributed by atoms with Crippen LogP contribution in [-0.2, 0) is 22.6 Å². The van der Waals surface area contributed by atoms with Crippen LogP contribution in [0.2, 0.25) is 0 Å². The lowest BCUT2D eigenvalue weighted by Crippen LogP contribution is -2.57. The molecule has 0 spiro atoms. The number of piperidine rings is 1. The highest BCUT2D eigenvalue weighted by Gasteiger charge is 2.38. The number of aliphatic hydroxyl groups is 1. The lowest BCUT2D eigenvalue weighted by atomic mass is 9.83. The molecule has 1 aliphatic heterocycles. The molecular formula is C33H39F2N3O3. The number of rotatable bonds is 11. The summed E-state index contributed by atoms with van der Waals surface area (Å²) in [6, 6.07) is 19.8. The quantitative estimate of drug-likeness (QED) is 0.317. The zero-order valence-electron chi connectivity index (χ0n) is 23.8. The summed E-state index contributed by atoms with van der Waals surface area (Å²) in [7, 11) is 0. The van der Waals surface area contributed by atoms with Crippen molar-refractivity contribution >= 4 is 11.8 Å². The molecule has 6 nitrogen and oxygen atoms in total. The molecule has 0 radical (unpaired) electrons. The summed E-state index contributed by atoms with van der Waals surface area (Å²) in [5, 5.41) is 17.2. The monoisotopic (exact) mass is 563 g/mol. The molecule has 1 heterocycles. The van der Waals surface area contributed by atoms with Crippen LogP contribution >= 0.6 is 0 Å². The van der Waals surface area contributed by atoms with Crippen LogP contribution < -0.4 is 10.6 Å². The van der Waals surface area contributed by atoms with E-state index >= 15 is 0 Å². The van der Waals surface area contributed by atoms with Crippen molar-refractivity contribution in [3.8, 4) is 0 Å². The average Bonchev–Trinajstić information content (AvgIpc) is 2.92. The lowest BCUT2D eigenvalue weighted by Gasteiger charge is -2.39. The number of hydrogen-bond donors (Lipinski definition) is 3. The normalized spacial score (nSPS) is 18.8. The Morgan fingerprint density at radius 3 is 2.37 bits per heavy atom. The van der Waals surface area contributed by atoms with Crippen molar-refractivity contribution in [2.24, 2.45) is 0 Å². The van der Waals surface area contributed by atoms with E-state index in [1.807, 2.05) is 47.4 Å². The van der Waals surface area contributed by atoms with Crippen LogP contribution in [-0.4, -0.2) is 53.1 Å². The molecule has 0 bridgehead atoms. The van der Waals surface area contributed by atoms with Crippen molar-refractivity contribution in [3.05, 3.63) is 107 Å². The zero-order chi connectivity index (χ0) is 29.5. The molecule has 4 atom stereocenters. The fraction of sp³-hybridized carbons (Fsp3) is 0.394. The molecule has 8 heteroatoms. The first-order chi connectivity index (χ1) is 19.6. The van der Waals surface area contributed by atoms with Crippen LogP contribution in [0.3, 0.4) is 0 Å². The van der Waals surface area contributed by atoms with Gasteiger partial charge in [0.2, 0.25) is 11.8 Å². The van der Waals surface area contributed by atoms with Crippen LogP contribution in [0.25, 0.3) is 0 Å². The number of carbonyl (C=O) groups excluding carboxylic acids is 2. The maximum absolute atomic E-state index is 13.9. The highest BCUT2D eigenvalue weighted by Crippen LogP contribution is 2.32. The van der Waals surface area contributed by atoms with Gasteiger partial charge in [-0.3, -0.25) is 9.59 Å². The van der Waals surface area contributed by atoms with Gasteiger partial charge in [-0.25, -0.2) is 8.78 Å². The van der Waals surface area contributed by atoms with Gasteiger partial charge < -0.3 is 20.6 Å². The first-order valence-corrected chi connectivity index (χ1v) is 14.2. The molecule has 1 saturated heterocycles. The summed E-state index contributed by atoms with van der Waals surface area (Å²) in [5.41, 5.74) is 3.59. The SMILES string of the molecule is CC(=O)N[C@@H](Cc1cc(F)cc(F)c1)[C@H](O)CNC1C(=O)N(Cc2ccccc2)CC[C@@H]1c1cccc(C(C)C)c1. The topological polar surface area (TPSA) is 81.7 Å². The molecule has 3 N–H and O–H groups in total. The Kier molecular flexibility index (Phi) is 10.2. The number of aliphatic hydroxyl groups excluding tert-OH is 1. The van der Waals surface area contributed by atoms with Crippen LogP contribution in [0.1, 0.15) is 61.3 Å². The molecule has 1 unspecified atom stereocenters. The maximum Gasteiger partial charge on any atom is 0.240 e. The minimum Gasteiger partial charge on any atom is -0.390 e. The third kappa shape index (κ3) is 8.21. The molecule has 4 rings (SSSR count). The number of carbonyl (C=O) groups is 2. The summed E-state index contributed by atoms with van der Waals surface area (Å²) < 4.78 is 27.6. The maximum atomic E-state index is 13.9. The summed E-state index contributed by atoms with van der Waals surface area (Å²) >= 11 is 0. The second-order valence-corrected chi connectivity index (χ2v) is 11.2. The summed E-state index contributed by atoms with van der Waals surface area (Å²) in [4.78, 5) is 27.7. The van der Waals surface area contributed by atoms with Gasteiger partial charge in [-0.1, -0.05) is 68.4 Å². The van der Waals surface area contributed by atoms with E-state index in [-0.39, 0.29) is 30.7 Å². The third-order valence-electron chi connectivity index (χ3n) is 7.69. The Balaban J connectivity index is 1.55. The van der Waals surface area contributed by atoms with Crippen molar-refractivity contribution in [2.75, 3.05) is 13.1 Å². The second-order valence-electron chi connectivity index (χ2n) is 11.2. The highest BCUT2D eigenvalue weighted by atomic mass is 19.1. The molecule has 0 saturated carbocycles. The molecule has 3 aromatic rings. The number of benzene rings is 3. The number of hydrogen-bond acceptors (Lipinski definition) is 4. The van der Waals surface area contributed by atoms with E-state index in [4.69, 9.17) is 0 Å². The van der Waals surface area contributed by atoms with E-state index in [1.54, 1.807) is 0 Å². The number of nitrogens with zero attached hydrogens (tertiary/aromatic N) is 1. The number of halogens is 2. The smallest absolute Gasteiger partial charge is 0.240 e. The van der Waals surface area contributed by atoms with Crippen molar-refractivity contribution in [2.45, 2.75) is 70.2 Å². The summed E-state index contributed by atoms with van der Waals surface area (Å²) in [5.74, 6) is -1.67. The van der Waals surface area contributed by atoms with Crippen LogP contribution in [0.5, 0.6) is 0 Å². The van der Waals surface area contributed by atoms with Gasteiger partial charge in [-0.05, 0) is 53.1 Å². The van der Waals surface area contributed by atoms with Crippen molar-refractivity contribution in [3.63, 3.8) is 0 Å². The Morgan fingerprint density at radius 2 is 1.71 bits per heavy atom. The molecular weight excluding hydrogens is 524 g/mol. The molecule has 0 aliphatic carbocycles. The predicted molar refractivity (Wildman–Crippen MR) is 155 cm³/mol. The predicted octanol–water partition coefficient (Wildman–Crippen LogP) is 4.67. The third-order valence-corrected chi connectivity index (χ3v) is 7.69. The van der Waals surface area contributed by atoms with Crippen molar-refractivity contribution in [1.29, 1.82) is 0 Å². The van der Waals surface area contributed by atoms with E-state index in [2.05, 4.69) is 36.6 Å². The largest absolute Gasteiger partial charge is 0.390 e. The van der Waals surface area contributed by atoms with Gasteiger partial charge in [0.1, 0.15) is 11.6 Å². The number of amides is 2. The molecule has 218 valence electrons. The second kappa shape index (κ2) is 13.8. The zero-order valence-corrected chi connectivity index (χ0v) is 23.8. The van der Waals surface area contributed by atoms with Gasteiger partial charge in [-0.15, -0.1) is 0 Å². The molecule has 1 fully saturated rings. The van der Waals surface area contributed by atoms with Gasteiger partial charge >= 0.3 is 0 Å². The fourth-order valence-electron chi connectivity index (χ4n) is 5.56. The first-order valence-electron chi connectivity index (χ1n) is 14.2. The molecule has 3 aromatic carbocycles. The van der Waals surface area contributed by atoms with Gasteiger partial charge in [0.05, 0.1) is 18.2 Å². The van der Waals surface area contributed by atoms with Crippen LogP contribution in [0, 0.1) is 11.6 Å². The van der Waals surface area contributed by atoms with Crippen molar-refractivity contribution in [1.82, 2.24) is 15.5 Å². The summed E-state index contributed by atoms with van der Waals surface area (Å²) in [6.45, 7) is 6.67. The number of likely N-dealkylation sites (tertiary alicyclic amines) is 1. The average molecular weight is 564 g/mol. The standard InChI is InChI=1S/C33H39F2N3O3/c1-21(2)25-10-7-11-26(17-25)29-12-13-38(20-23-8-5-4-6-9-23)33(41)32(29)36-19-31(40)30(37-22(3)39)16-24-14-27(34)18-28(35)15-24/h4-11,14-15,17-18,21,29-32,36,40H,12-13,16,19-20H2,1-3H3,(H,37,39)/t29-,30+,31-,32?/m1/s1. The molecule has 41 heavy (non-hydrogen) atoms. The minimum absolute atomic E-state index is 0.00129. The van der Waals surface area contributed by atoms with E-state index < -0.39 is 29.8 Å². The van der Waals surface area contributed by atoms with Crippen LogP contribution in [0.4, 0.5) is 8.78 Å². The molecule has 0 aromatic heterocycles.